The predicted molar refractivity (Wildman–Crippen MR) is 103 cm³/mol. The Kier molecular flexibility index (Phi) is 4.83. The Morgan fingerprint density at radius 2 is 2.14 bits per heavy atom. The summed E-state index contributed by atoms with van der Waals surface area (Å²) >= 11 is 0. The fourth-order valence-corrected chi connectivity index (χ4v) is 3.60. The Labute approximate surface area is 164 Å². The van der Waals surface area contributed by atoms with Crippen LogP contribution in [0.1, 0.15) is 31.5 Å². The Bertz CT molecular complexity index is 866. The lowest BCUT2D eigenvalue weighted by Gasteiger charge is -2.19. The first-order valence-corrected chi connectivity index (χ1v) is 9.58. The van der Waals surface area contributed by atoms with E-state index in [9.17, 15) is 4.79 Å². The first-order chi connectivity index (χ1) is 13.4. The molecule has 1 fully saturated rings. The minimum Gasteiger partial charge on any atom is -0.483 e. The van der Waals surface area contributed by atoms with E-state index in [0.717, 1.165) is 29.8 Å². The standard InChI is InChI=1S/C21H25N3O4/c1-14-7-8-18(23-22-14)27-16-9-10-24(12-16)19(25)13-26-17-6-4-5-15-11-21(2,3)28-20(15)17/h4-8,16H,9-13H2,1-3H3. The summed E-state index contributed by atoms with van der Waals surface area (Å²) in [6.45, 7) is 7.12. The van der Waals surface area contributed by atoms with Crippen molar-refractivity contribution in [2.45, 2.75) is 45.3 Å². The molecule has 1 atom stereocenters. The van der Waals surface area contributed by atoms with Crippen LogP contribution in [0.3, 0.4) is 0 Å². The number of para-hydroxylation sites is 1. The lowest BCUT2D eigenvalue weighted by molar-refractivity contribution is -0.132. The van der Waals surface area contributed by atoms with Crippen molar-refractivity contribution in [1.29, 1.82) is 0 Å². The summed E-state index contributed by atoms with van der Waals surface area (Å²) in [7, 11) is 0. The Morgan fingerprint density at radius 1 is 1.29 bits per heavy atom. The molecular weight excluding hydrogens is 358 g/mol. The average Bonchev–Trinajstić information content (AvgIpc) is 3.24. The van der Waals surface area contributed by atoms with E-state index in [0.29, 0.717) is 24.7 Å². The van der Waals surface area contributed by atoms with E-state index >= 15 is 0 Å². The van der Waals surface area contributed by atoms with Crippen molar-refractivity contribution < 1.29 is 19.0 Å². The van der Waals surface area contributed by atoms with Crippen LogP contribution >= 0.6 is 0 Å². The van der Waals surface area contributed by atoms with Gasteiger partial charge in [-0.25, -0.2) is 0 Å². The molecule has 0 spiro atoms. The van der Waals surface area contributed by atoms with Crippen molar-refractivity contribution in [3.63, 3.8) is 0 Å². The molecule has 4 rings (SSSR count). The van der Waals surface area contributed by atoms with Crippen molar-refractivity contribution >= 4 is 5.91 Å². The van der Waals surface area contributed by atoms with Crippen LogP contribution < -0.4 is 14.2 Å². The van der Waals surface area contributed by atoms with Crippen molar-refractivity contribution in [3.05, 3.63) is 41.6 Å². The highest BCUT2D eigenvalue weighted by Crippen LogP contribution is 2.41. The largest absolute Gasteiger partial charge is 0.483 e. The van der Waals surface area contributed by atoms with Crippen LogP contribution in [0.5, 0.6) is 17.4 Å². The molecule has 1 aromatic carbocycles. The number of fused-ring (bicyclic) bond motifs is 1. The fourth-order valence-electron chi connectivity index (χ4n) is 3.60. The van der Waals surface area contributed by atoms with Gasteiger partial charge in [-0.2, -0.15) is 5.10 Å². The topological polar surface area (TPSA) is 73.8 Å². The minimum absolute atomic E-state index is 0.0166. The zero-order chi connectivity index (χ0) is 19.7. The van der Waals surface area contributed by atoms with Gasteiger partial charge in [0.25, 0.3) is 5.91 Å². The number of carbonyl (C=O) groups is 1. The number of likely N-dealkylation sites (tertiary alicyclic amines) is 1. The highest BCUT2D eigenvalue weighted by atomic mass is 16.5. The van der Waals surface area contributed by atoms with E-state index in [4.69, 9.17) is 14.2 Å². The van der Waals surface area contributed by atoms with Crippen LogP contribution in [0.25, 0.3) is 0 Å². The number of rotatable bonds is 5. The van der Waals surface area contributed by atoms with E-state index < -0.39 is 0 Å². The number of benzene rings is 1. The van der Waals surface area contributed by atoms with Gasteiger partial charge in [-0.15, -0.1) is 5.10 Å². The second kappa shape index (κ2) is 7.30. The first-order valence-electron chi connectivity index (χ1n) is 9.58. The third-order valence-electron chi connectivity index (χ3n) is 4.96. The summed E-state index contributed by atoms with van der Waals surface area (Å²) in [5.41, 5.74) is 1.71. The van der Waals surface area contributed by atoms with Gasteiger partial charge in [0, 0.05) is 31.0 Å². The summed E-state index contributed by atoms with van der Waals surface area (Å²) in [6.07, 6.45) is 1.52. The predicted octanol–water partition coefficient (Wildman–Crippen LogP) is 2.56. The van der Waals surface area contributed by atoms with Crippen molar-refractivity contribution in [1.82, 2.24) is 15.1 Å². The van der Waals surface area contributed by atoms with Crippen molar-refractivity contribution in [2.24, 2.45) is 0 Å². The summed E-state index contributed by atoms with van der Waals surface area (Å²) in [5.74, 6) is 1.80. The van der Waals surface area contributed by atoms with Gasteiger partial charge < -0.3 is 19.1 Å². The highest BCUT2D eigenvalue weighted by Gasteiger charge is 2.33. The van der Waals surface area contributed by atoms with Gasteiger partial charge in [0.1, 0.15) is 11.7 Å². The number of nitrogens with zero attached hydrogens (tertiary/aromatic N) is 3. The number of aryl methyl sites for hydroxylation is 1. The third-order valence-corrected chi connectivity index (χ3v) is 4.96. The number of ether oxygens (including phenoxy) is 3. The van der Waals surface area contributed by atoms with Gasteiger partial charge in [0.15, 0.2) is 18.1 Å². The lowest BCUT2D eigenvalue weighted by atomic mass is 10.0. The van der Waals surface area contributed by atoms with Crippen LogP contribution in [0.4, 0.5) is 0 Å². The smallest absolute Gasteiger partial charge is 0.260 e. The maximum atomic E-state index is 12.6. The molecule has 2 aliphatic rings. The van der Waals surface area contributed by atoms with Gasteiger partial charge in [0.05, 0.1) is 12.2 Å². The van der Waals surface area contributed by atoms with E-state index in [2.05, 4.69) is 10.2 Å². The lowest BCUT2D eigenvalue weighted by Crippen LogP contribution is -2.34. The molecule has 7 heteroatoms. The molecule has 0 radical (unpaired) electrons. The van der Waals surface area contributed by atoms with Gasteiger partial charge in [-0.05, 0) is 32.9 Å². The van der Waals surface area contributed by atoms with Crippen LogP contribution in [0, 0.1) is 6.92 Å². The molecule has 28 heavy (non-hydrogen) atoms. The monoisotopic (exact) mass is 383 g/mol. The maximum absolute atomic E-state index is 12.6. The molecule has 3 heterocycles. The Balaban J connectivity index is 1.31. The molecule has 1 aromatic heterocycles. The molecule has 7 nitrogen and oxygen atoms in total. The normalized spacial score (nSPS) is 19.8. The quantitative estimate of drug-likeness (QED) is 0.790. The molecule has 1 unspecified atom stereocenters. The molecule has 1 saturated heterocycles. The molecule has 2 aliphatic heterocycles. The number of aromatic nitrogens is 2. The molecule has 0 saturated carbocycles. The van der Waals surface area contributed by atoms with E-state index in [1.165, 1.54) is 0 Å². The van der Waals surface area contributed by atoms with E-state index in [1.807, 2.05) is 45.0 Å². The van der Waals surface area contributed by atoms with Crippen LogP contribution in [0.2, 0.25) is 0 Å². The zero-order valence-electron chi connectivity index (χ0n) is 16.5. The van der Waals surface area contributed by atoms with Gasteiger partial charge in [0.2, 0.25) is 5.88 Å². The number of hydrogen-bond acceptors (Lipinski definition) is 6. The number of hydrogen-bond donors (Lipinski definition) is 0. The second-order valence-electron chi connectivity index (χ2n) is 7.95. The zero-order valence-corrected chi connectivity index (χ0v) is 16.5. The summed E-state index contributed by atoms with van der Waals surface area (Å²) < 4.78 is 17.6. The molecular formula is C21H25N3O4. The van der Waals surface area contributed by atoms with Gasteiger partial charge in [-0.3, -0.25) is 4.79 Å². The van der Waals surface area contributed by atoms with Crippen LogP contribution in [-0.2, 0) is 11.2 Å². The van der Waals surface area contributed by atoms with Crippen LogP contribution in [0.15, 0.2) is 30.3 Å². The molecule has 0 N–H and O–H groups in total. The van der Waals surface area contributed by atoms with Crippen LogP contribution in [-0.4, -0.2) is 52.4 Å². The molecule has 0 aliphatic carbocycles. The van der Waals surface area contributed by atoms with Gasteiger partial charge in [-0.1, -0.05) is 12.1 Å². The molecule has 148 valence electrons. The third kappa shape index (κ3) is 4.03. The summed E-state index contributed by atoms with van der Waals surface area (Å²) in [5, 5.41) is 8.01. The highest BCUT2D eigenvalue weighted by molar-refractivity contribution is 5.78. The fraction of sp³-hybridized carbons (Fsp3) is 0.476. The van der Waals surface area contributed by atoms with Crippen molar-refractivity contribution in [2.75, 3.05) is 19.7 Å². The second-order valence-corrected chi connectivity index (χ2v) is 7.95. The SMILES string of the molecule is Cc1ccc(OC2CCN(C(=O)COc3cccc4c3OC(C)(C)C4)C2)nn1. The van der Waals surface area contributed by atoms with E-state index in [1.54, 1.807) is 11.0 Å². The van der Waals surface area contributed by atoms with Gasteiger partial charge >= 0.3 is 0 Å². The average molecular weight is 383 g/mol. The Hall–Kier alpha value is -2.83. The summed E-state index contributed by atoms with van der Waals surface area (Å²) in [6, 6.07) is 9.48. The van der Waals surface area contributed by atoms with Crippen molar-refractivity contribution in [3.8, 4) is 17.4 Å². The first kappa shape index (κ1) is 18.5. The Morgan fingerprint density at radius 3 is 2.93 bits per heavy atom. The molecule has 1 amide bonds. The summed E-state index contributed by atoms with van der Waals surface area (Å²) in [4.78, 5) is 14.3. The number of amides is 1. The minimum atomic E-state index is -0.246. The molecule has 0 bridgehead atoms. The number of carbonyl (C=O) groups excluding carboxylic acids is 1. The molecule has 2 aromatic rings. The maximum Gasteiger partial charge on any atom is 0.260 e. The van der Waals surface area contributed by atoms with E-state index in [-0.39, 0.29) is 24.2 Å².